The van der Waals surface area contributed by atoms with Gasteiger partial charge in [-0.15, -0.1) is 0 Å². The molecule has 16 heavy (non-hydrogen) atoms. The maximum absolute atomic E-state index is 5.53. The van der Waals surface area contributed by atoms with Crippen LogP contribution in [-0.4, -0.2) is 26.6 Å². The third-order valence-electron chi connectivity index (χ3n) is 2.61. The van der Waals surface area contributed by atoms with Gasteiger partial charge < -0.3 is 14.2 Å². The zero-order valence-corrected chi connectivity index (χ0v) is 9.59. The first-order valence-corrected chi connectivity index (χ1v) is 6.17. The van der Waals surface area contributed by atoms with Gasteiger partial charge in [0.25, 0.3) is 0 Å². The van der Waals surface area contributed by atoms with Crippen LogP contribution in [0, 0.1) is 0 Å². The van der Waals surface area contributed by atoms with Crippen LogP contribution in [0.15, 0.2) is 18.2 Å². The normalized spacial score (nSPS) is 24.1. The van der Waals surface area contributed by atoms with E-state index in [2.05, 4.69) is 10.8 Å². The fraction of sp³-hybridized carbons (Fsp3) is 0.455. The smallest absolute Gasteiger partial charge is 0.231 e. The molecule has 3 rings (SSSR count). The standard InChI is InChI=1S/C11H13NO3S/c1-2-9-10(15-7-14-9)5-8(1)11-6-13-4-3-12-16-11/h1-2,5,11-12H,3-4,6-7H2/t11-/m1/s1. The Hall–Kier alpha value is -0.910. The lowest BCUT2D eigenvalue weighted by Crippen LogP contribution is -2.07. The summed E-state index contributed by atoms with van der Waals surface area (Å²) < 4.78 is 19.5. The van der Waals surface area contributed by atoms with Crippen molar-refractivity contribution in [3.63, 3.8) is 0 Å². The summed E-state index contributed by atoms with van der Waals surface area (Å²) >= 11 is 1.71. The summed E-state index contributed by atoms with van der Waals surface area (Å²) in [4.78, 5) is 0. The molecule has 0 bridgehead atoms. The monoisotopic (exact) mass is 239 g/mol. The summed E-state index contributed by atoms with van der Waals surface area (Å²) in [7, 11) is 0. The van der Waals surface area contributed by atoms with Crippen molar-refractivity contribution in [2.45, 2.75) is 5.25 Å². The summed E-state index contributed by atoms with van der Waals surface area (Å²) in [6.45, 7) is 2.72. The number of hydrogen-bond donors (Lipinski definition) is 1. The molecule has 86 valence electrons. The molecule has 1 saturated heterocycles. The number of hydrogen-bond acceptors (Lipinski definition) is 5. The lowest BCUT2D eigenvalue weighted by Gasteiger charge is -2.13. The van der Waals surface area contributed by atoms with Crippen LogP contribution in [0.25, 0.3) is 0 Å². The second-order valence-electron chi connectivity index (χ2n) is 3.69. The van der Waals surface area contributed by atoms with Crippen LogP contribution in [0.1, 0.15) is 10.8 Å². The average Bonchev–Trinajstić information content (AvgIpc) is 2.61. The lowest BCUT2D eigenvalue weighted by atomic mass is 10.1. The molecular weight excluding hydrogens is 226 g/mol. The minimum absolute atomic E-state index is 0.317. The topological polar surface area (TPSA) is 39.7 Å². The largest absolute Gasteiger partial charge is 0.454 e. The van der Waals surface area contributed by atoms with E-state index in [1.807, 2.05) is 12.1 Å². The van der Waals surface area contributed by atoms with E-state index in [0.29, 0.717) is 12.0 Å². The molecule has 1 fully saturated rings. The van der Waals surface area contributed by atoms with E-state index in [1.54, 1.807) is 11.9 Å². The Morgan fingerprint density at radius 3 is 3.19 bits per heavy atom. The Bertz CT molecular complexity index is 377. The first kappa shape index (κ1) is 10.3. The van der Waals surface area contributed by atoms with Crippen molar-refractivity contribution in [3.8, 4) is 11.5 Å². The fourth-order valence-electron chi connectivity index (χ4n) is 1.78. The summed E-state index contributed by atoms with van der Waals surface area (Å²) in [5.41, 5.74) is 1.21. The van der Waals surface area contributed by atoms with Crippen molar-refractivity contribution in [2.75, 3.05) is 26.6 Å². The van der Waals surface area contributed by atoms with Gasteiger partial charge in [-0.1, -0.05) is 18.0 Å². The van der Waals surface area contributed by atoms with Gasteiger partial charge in [-0.2, -0.15) is 0 Å². The number of ether oxygens (including phenoxy) is 3. The molecule has 0 saturated carbocycles. The Labute approximate surface area is 98.4 Å². The summed E-state index contributed by atoms with van der Waals surface area (Å²) in [6.07, 6.45) is 0. The van der Waals surface area contributed by atoms with Gasteiger partial charge in [0.2, 0.25) is 6.79 Å². The molecule has 0 spiro atoms. The number of fused-ring (bicyclic) bond motifs is 1. The van der Waals surface area contributed by atoms with E-state index in [9.17, 15) is 0 Å². The molecule has 1 N–H and O–H groups in total. The minimum Gasteiger partial charge on any atom is -0.454 e. The third-order valence-corrected chi connectivity index (χ3v) is 3.68. The van der Waals surface area contributed by atoms with Crippen LogP contribution in [0.3, 0.4) is 0 Å². The Kier molecular flexibility index (Phi) is 2.90. The molecule has 0 radical (unpaired) electrons. The van der Waals surface area contributed by atoms with Crippen molar-refractivity contribution in [2.24, 2.45) is 0 Å². The molecule has 0 amide bonds. The Morgan fingerprint density at radius 2 is 2.19 bits per heavy atom. The van der Waals surface area contributed by atoms with Gasteiger partial charge in [0.1, 0.15) is 0 Å². The summed E-state index contributed by atoms with van der Waals surface area (Å²) in [6, 6.07) is 6.07. The molecule has 1 aromatic rings. The fourth-order valence-corrected chi connectivity index (χ4v) is 2.62. The molecule has 0 aliphatic carbocycles. The van der Waals surface area contributed by atoms with Gasteiger partial charge in [-0.25, -0.2) is 0 Å². The van der Waals surface area contributed by atoms with Gasteiger partial charge in [0.05, 0.1) is 18.5 Å². The van der Waals surface area contributed by atoms with Crippen molar-refractivity contribution in [1.82, 2.24) is 4.72 Å². The zero-order chi connectivity index (χ0) is 10.8. The second kappa shape index (κ2) is 4.53. The molecular formula is C11H13NO3S. The highest BCUT2D eigenvalue weighted by Gasteiger charge is 2.19. The number of nitrogens with one attached hydrogen (secondary N) is 1. The van der Waals surface area contributed by atoms with Crippen molar-refractivity contribution in [1.29, 1.82) is 0 Å². The van der Waals surface area contributed by atoms with Crippen LogP contribution in [0.2, 0.25) is 0 Å². The second-order valence-corrected chi connectivity index (χ2v) is 4.78. The van der Waals surface area contributed by atoms with Crippen molar-refractivity contribution >= 4 is 11.9 Å². The predicted molar refractivity (Wildman–Crippen MR) is 61.7 cm³/mol. The highest BCUT2D eigenvalue weighted by atomic mass is 32.2. The van der Waals surface area contributed by atoms with Crippen molar-refractivity contribution in [3.05, 3.63) is 23.8 Å². The average molecular weight is 239 g/mol. The van der Waals surface area contributed by atoms with Crippen LogP contribution < -0.4 is 14.2 Å². The quantitative estimate of drug-likeness (QED) is 0.756. The van der Waals surface area contributed by atoms with E-state index in [-0.39, 0.29) is 0 Å². The maximum atomic E-state index is 5.53. The van der Waals surface area contributed by atoms with E-state index in [4.69, 9.17) is 14.2 Å². The Balaban J connectivity index is 1.82. The minimum atomic E-state index is 0.317. The molecule has 5 heteroatoms. The van der Waals surface area contributed by atoms with Crippen LogP contribution >= 0.6 is 11.9 Å². The third kappa shape index (κ3) is 1.98. The lowest BCUT2D eigenvalue weighted by molar-refractivity contribution is 0.146. The molecule has 0 unspecified atom stereocenters. The van der Waals surface area contributed by atoms with Gasteiger partial charge in [-0.05, 0) is 17.7 Å². The van der Waals surface area contributed by atoms with Gasteiger partial charge in [0.15, 0.2) is 11.5 Å². The predicted octanol–water partition coefficient (Wildman–Crippen LogP) is 1.72. The Morgan fingerprint density at radius 1 is 1.25 bits per heavy atom. The van der Waals surface area contributed by atoms with Crippen LogP contribution in [0.4, 0.5) is 0 Å². The highest BCUT2D eigenvalue weighted by molar-refractivity contribution is 7.97. The van der Waals surface area contributed by atoms with E-state index >= 15 is 0 Å². The van der Waals surface area contributed by atoms with Crippen molar-refractivity contribution < 1.29 is 14.2 Å². The molecule has 1 aromatic carbocycles. The van der Waals surface area contributed by atoms with E-state index < -0.39 is 0 Å². The summed E-state index contributed by atoms with van der Waals surface area (Å²) in [5, 5.41) is 0.317. The van der Waals surface area contributed by atoms with Crippen LogP contribution in [0.5, 0.6) is 11.5 Å². The first-order valence-electron chi connectivity index (χ1n) is 5.29. The van der Waals surface area contributed by atoms with Crippen LogP contribution in [-0.2, 0) is 4.74 Å². The molecule has 2 aliphatic heterocycles. The summed E-state index contributed by atoms with van der Waals surface area (Å²) in [5.74, 6) is 1.67. The molecule has 0 aromatic heterocycles. The number of benzene rings is 1. The van der Waals surface area contributed by atoms with E-state index in [0.717, 1.165) is 31.3 Å². The first-order chi connectivity index (χ1) is 7.93. The number of rotatable bonds is 1. The SMILES string of the molecule is c1cc2c(cc1[C@H]1COCCNS1)OCO2. The molecule has 1 atom stereocenters. The van der Waals surface area contributed by atoms with Gasteiger partial charge in [-0.3, -0.25) is 4.72 Å². The molecule has 2 heterocycles. The van der Waals surface area contributed by atoms with Gasteiger partial charge in [0, 0.05) is 6.54 Å². The van der Waals surface area contributed by atoms with E-state index in [1.165, 1.54) is 5.56 Å². The van der Waals surface area contributed by atoms with Gasteiger partial charge >= 0.3 is 0 Å². The zero-order valence-electron chi connectivity index (χ0n) is 8.77. The molecule has 2 aliphatic rings. The maximum Gasteiger partial charge on any atom is 0.231 e. The highest BCUT2D eigenvalue weighted by Crippen LogP contribution is 2.37. The molecule has 4 nitrogen and oxygen atoms in total.